The van der Waals surface area contributed by atoms with Crippen LogP contribution in [0.25, 0.3) is 0 Å². The lowest BCUT2D eigenvalue weighted by atomic mass is 10.1. The number of hydrogen-bond donors (Lipinski definition) is 3. The summed E-state index contributed by atoms with van der Waals surface area (Å²) < 4.78 is 0. The van der Waals surface area contributed by atoms with E-state index in [0.29, 0.717) is 18.8 Å². The normalized spacial score (nSPS) is 14.0. The second-order valence-electron chi connectivity index (χ2n) is 5.20. The van der Waals surface area contributed by atoms with Crippen molar-refractivity contribution in [2.24, 2.45) is 0 Å². The number of nitrogens with zero attached hydrogens (tertiary/aromatic N) is 1. The minimum Gasteiger partial charge on any atom is -0.399 e. The molecule has 0 aromatic heterocycles. The van der Waals surface area contributed by atoms with Crippen LogP contribution in [0.5, 0.6) is 0 Å². The number of aliphatic hydroxyl groups is 2. The van der Waals surface area contributed by atoms with Crippen LogP contribution in [0.15, 0.2) is 24.3 Å². The highest BCUT2D eigenvalue weighted by Gasteiger charge is 2.18. The molecule has 17 heavy (non-hydrogen) atoms. The Morgan fingerprint density at radius 1 is 1.41 bits per heavy atom. The predicted octanol–water partition coefficient (Wildman–Crippen LogP) is 1.00. The second kappa shape index (κ2) is 5.49. The fourth-order valence-corrected chi connectivity index (χ4v) is 1.89. The molecule has 0 spiro atoms. The van der Waals surface area contributed by atoms with Crippen molar-refractivity contribution in [2.45, 2.75) is 25.6 Å². The van der Waals surface area contributed by atoms with Crippen molar-refractivity contribution in [2.75, 3.05) is 25.9 Å². The molecule has 4 heteroatoms. The minimum atomic E-state index is -0.760. The number of nitrogen functional groups attached to an aromatic ring is 1. The molecule has 4 N–H and O–H groups in total. The summed E-state index contributed by atoms with van der Waals surface area (Å²) >= 11 is 0. The maximum Gasteiger partial charge on any atom is 0.0917 e. The Hall–Kier alpha value is -1.10. The fraction of sp³-hybridized carbons (Fsp3) is 0.538. The van der Waals surface area contributed by atoms with Crippen LogP contribution < -0.4 is 5.73 Å². The van der Waals surface area contributed by atoms with E-state index in [-0.39, 0.29) is 0 Å². The summed E-state index contributed by atoms with van der Waals surface area (Å²) in [6.07, 6.45) is -0.592. The van der Waals surface area contributed by atoms with Crippen LogP contribution in [0, 0.1) is 0 Å². The average Bonchev–Trinajstić information content (AvgIpc) is 2.14. The summed E-state index contributed by atoms with van der Waals surface area (Å²) in [4.78, 5) is 1.90. The lowest BCUT2D eigenvalue weighted by Gasteiger charge is -2.27. The van der Waals surface area contributed by atoms with Crippen molar-refractivity contribution < 1.29 is 10.2 Å². The first kappa shape index (κ1) is 14.0. The third-order valence-corrected chi connectivity index (χ3v) is 2.44. The summed E-state index contributed by atoms with van der Waals surface area (Å²) in [5, 5.41) is 19.7. The highest BCUT2D eigenvalue weighted by atomic mass is 16.3. The number of likely N-dealkylation sites (N-methyl/N-ethyl adjacent to an activating group) is 1. The highest BCUT2D eigenvalue weighted by molar-refractivity contribution is 5.41. The van der Waals surface area contributed by atoms with Crippen molar-refractivity contribution in [3.8, 4) is 0 Å². The summed E-state index contributed by atoms with van der Waals surface area (Å²) in [5.74, 6) is 0. The third kappa shape index (κ3) is 5.17. The molecule has 0 aliphatic carbocycles. The SMILES string of the molecule is CN(CC(O)c1cccc(N)c1)CC(C)(C)O. The lowest BCUT2D eigenvalue weighted by Crippen LogP contribution is -2.38. The van der Waals surface area contributed by atoms with Crippen molar-refractivity contribution in [1.29, 1.82) is 0 Å². The number of rotatable bonds is 5. The van der Waals surface area contributed by atoms with Gasteiger partial charge in [0.25, 0.3) is 0 Å². The van der Waals surface area contributed by atoms with Gasteiger partial charge in [-0.05, 0) is 38.6 Å². The number of nitrogens with two attached hydrogens (primary N) is 1. The average molecular weight is 238 g/mol. The van der Waals surface area contributed by atoms with Gasteiger partial charge < -0.3 is 20.8 Å². The zero-order chi connectivity index (χ0) is 13.1. The van der Waals surface area contributed by atoms with Crippen LogP contribution in [0.1, 0.15) is 25.5 Å². The molecule has 0 fully saturated rings. The second-order valence-corrected chi connectivity index (χ2v) is 5.20. The van der Waals surface area contributed by atoms with E-state index in [1.54, 1.807) is 26.0 Å². The molecule has 1 aromatic carbocycles. The molecule has 4 nitrogen and oxygen atoms in total. The van der Waals surface area contributed by atoms with Gasteiger partial charge in [-0.25, -0.2) is 0 Å². The molecule has 0 heterocycles. The first-order chi connectivity index (χ1) is 7.78. The molecule has 1 unspecified atom stereocenters. The van der Waals surface area contributed by atoms with Crippen molar-refractivity contribution in [3.05, 3.63) is 29.8 Å². The van der Waals surface area contributed by atoms with Gasteiger partial charge in [-0.1, -0.05) is 12.1 Å². The zero-order valence-corrected chi connectivity index (χ0v) is 10.7. The van der Waals surface area contributed by atoms with Gasteiger partial charge >= 0.3 is 0 Å². The lowest BCUT2D eigenvalue weighted by molar-refractivity contribution is 0.0284. The molecule has 1 atom stereocenters. The van der Waals surface area contributed by atoms with Crippen molar-refractivity contribution in [3.63, 3.8) is 0 Å². The summed E-state index contributed by atoms with van der Waals surface area (Å²) in [6.45, 7) is 4.46. The molecule has 0 bridgehead atoms. The zero-order valence-electron chi connectivity index (χ0n) is 10.7. The van der Waals surface area contributed by atoms with E-state index in [4.69, 9.17) is 5.73 Å². The molecule has 0 radical (unpaired) electrons. The smallest absolute Gasteiger partial charge is 0.0917 e. The molecule has 1 rings (SSSR count). The Balaban J connectivity index is 2.57. The van der Waals surface area contributed by atoms with E-state index in [0.717, 1.165) is 5.56 Å². The third-order valence-electron chi connectivity index (χ3n) is 2.44. The van der Waals surface area contributed by atoms with Gasteiger partial charge in [-0.15, -0.1) is 0 Å². The van der Waals surface area contributed by atoms with Crippen LogP contribution in [-0.2, 0) is 0 Å². The van der Waals surface area contributed by atoms with Gasteiger partial charge in [0.15, 0.2) is 0 Å². The fourth-order valence-electron chi connectivity index (χ4n) is 1.89. The van der Waals surface area contributed by atoms with Gasteiger partial charge in [0, 0.05) is 18.8 Å². The maximum absolute atomic E-state index is 10.0. The minimum absolute atomic E-state index is 0.466. The number of benzene rings is 1. The van der Waals surface area contributed by atoms with Crippen LogP contribution >= 0.6 is 0 Å². The highest BCUT2D eigenvalue weighted by Crippen LogP contribution is 2.17. The number of aliphatic hydroxyl groups excluding tert-OH is 1. The van der Waals surface area contributed by atoms with E-state index in [9.17, 15) is 10.2 Å². The van der Waals surface area contributed by atoms with Crippen LogP contribution in [-0.4, -0.2) is 40.9 Å². The molecular formula is C13H22N2O2. The monoisotopic (exact) mass is 238 g/mol. The molecule has 0 aliphatic rings. The Bertz CT molecular complexity index is 361. The van der Waals surface area contributed by atoms with Crippen LogP contribution in [0.2, 0.25) is 0 Å². The van der Waals surface area contributed by atoms with Gasteiger partial charge in [0.1, 0.15) is 0 Å². The van der Waals surface area contributed by atoms with E-state index in [2.05, 4.69) is 0 Å². The summed E-state index contributed by atoms with van der Waals surface area (Å²) in [5.41, 5.74) is 6.35. The van der Waals surface area contributed by atoms with Gasteiger partial charge in [-0.2, -0.15) is 0 Å². The van der Waals surface area contributed by atoms with E-state index >= 15 is 0 Å². The largest absolute Gasteiger partial charge is 0.399 e. The Kier molecular flexibility index (Phi) is 4.51. The molecule has 0 saturated heterocycles. The van der Waals surface area contributed by atoms with Gasteiger partial charge in [0.05, 0.1) is 11.7 Å². The molecule has 96 valence electrons. The van der Waals surface area contributed by atoms with Crippen LogP contribution in [0.4, 0.5) is 5.69 Å². The Morgan fingerprint density at radius 3 is 2.59 bits per heavy atom. The number of hydrogen-bond acceptors (Lipinski definition) is 4. The predicted molar refractivity (Wildman–Crippen MR) is 69.6 cm³/mol. The van der Waals surface area contributed by atoms with Crippen molar-refractivity contribution in [1.82, 2.24) is 4.90 Å². The first-order valence-corrected chi connectivity index (χ1v) is 5.72. The van der Waals surface area contributed by atoms with Crippen molar-refractivity contribution >= 4 is 5.69 Å². The first-order valence-electron chi connectivity index (χ1n) is 5.72. The molecule has 0 saturated carbocycles. The summed E-state index contributed by atoms with van der Waals surface area (Å²) in [7, 11) is 1.87. The van der Waals surface area contributed by atoms with E-state index < -0.39 is 11.7 Å². The maximum atomic E-state index is 10.0. The van der Waals surface area contributed by atoms with E-state index in [1.807, 2.05) is 24.1 Å². The topological polar surface area (TPSA) is 69.7 Å². The van der Waals surface area contributed by atoms with Crippen LogP contribution in [0.3, 0.4) is 0 Å². The molecule has 1 aromatic rings. The quantitative estimate of drug-likeness (QED) is 0.669. The molecular weight excluding hydrogens is 216 g/mol. The Morgan fingerprint density at radius 2 is 2.06 bits per heavy atom. The molecule has 0 aliphatic heterocycles. The number of anilines is 1. The van der Waals surface area contributed by atoms with Gasteiger partial charge in [0.2, 0.25) is 0 Å². The standard InChI is InChI=1S/C13H22N2O2/c1-13(2,17)9-15(3)8-12(16)10-5-4-6-11(14)7-10/h4-7,12,16-17H,8-9,14H2,1-3H3. The van der Waals surface area contributed by atoms with Gasteiger partial charge in [-0.3, -0.25) is 0 Å². The van der Waals surface area contributed by atoms with E-state index in [1.165, 1.54) is 0 Å². The molecule has 0 amide bonds. The Labute approximate surface area is 103 Å². The summed E-state index contributed by atoms with van der Waals surface area (Å²) in [6, 6.07) is 7.22.